The summed E-state index contributed by atoms with van der Waals surface area (Å²) in [5.41, 5.74) is 0. The molecule has 3 unspecified atom stereocenters. The number of amides is 1. The first-order valence-electron chi connectivity index (χ1n) is 6.95. The average Bonchev–Trinajstić information content (AvgIpc) is 2.85. The van der Waals surface area contributed by atoms with Gasteiger partial charge in [0, 0.05) is 32.7 Å². The predicted molar refractivity (Wildman–Crippen MR) is 66.7 cm³/mol. The maximum atomic E-state index is 11.4. The summed E-state index contributed by atoms with van der Waals surface area (Å²) in [6, 6.07) is 0.823. The lowest BCUT2D eigenvalue weighted by Gasteiger charge is -2.33. The number of piperidine rings is 1. The van der Waals surface area contributed by atoms with Gasteiger partial charge in [0.25, 0.3) is 0 Å². The van der Waals surface area contributed by atoms with Crippen molar-refractivity contribution in [2.45, 2.75) is 25.3 Å². The molecule has 3 atom stereocenters. The molecule has 4 heteroatoms. The van der Waals surface area contributed by atoms with E-state index in [1.165, 1.54) is 32.4 Å². The Bertz CT molecular complexity index is 307. The Hall–Kier alpha value is -0.610. The van der Waals surface area contributed by atoms with Crippen LogP contribution in [0.25, 0.3) is 0 Å². The molecule has 4 nitrogen and oxygen atoms in total. The van der Waals surface area contributed by atoms with Gasteiger partial charge in [-0.15, -0.1) is 0 Å². The minimum absolute atomic E-state index is 0.158. The van der Waals surface area contributed by atoms with Gasteiger partial charge in [0.05, 0.1) is 6.54 Å². The molecular formula is C13H23N3O. The molecule has 0 spiro atoms. The van der Waals surface area contributed by atoms with E-state index in [1.807, 2.05) is 0 Å². The molecule has 3 fully saturated rings. The van der Waals surface area contributed by atoms with Crippen molar-refractivity contribution in [3.63, 3.8) is 0 Å². The Balaban J connectivity index is 1.60. The summed E-state index contributed by atoms with van der Waals surface area (Å²) >= 11 is 0. The van der Waals surface area contributed by atoms with Crippen LogP contribution in [0.1, 0.15) is 19.3 Å². The van der Waals surface area contributed by atoms with Crippen LogP contribution in [0.5, 0.6) is 0 Å². The van der Waals surface area contributed by atoms with Gasteiger partial charge in [-0.25, -0.2) is 0 Å². The fourth-order valence-corrected chi connectivity index (χ4v) is 4.06. The van der Waals surface area contributed by atoms with Crippen LogP contribution in [0.3, 0.4) is 0 Å². The summed E-state index contributed by atoms with van der Waals surface area (Å²) in [4.78, 5) is 16.5. The zero-order valence-corrected chi connectivity index (χ0v) is 10.7. The Kier molecular flexibility index (Phi) is 3.09. The maximum Gasteiger partial charge on any atom is 0.233 e. The summed E-state index contributed by atoms with van der Waals surface area (Å²) in [6.45, 7) is 5.45. The molecule has 0 radical (unpaired) electrons. The van der Waals surface area contributed by atoms with Crippen LogP contribution in [-0.2, 0) is 4.79 Å². The van der Waals surface area contributed by atoms with E-state index in [9.17, 15) is 4.79 Å². The SMILES string of the molecule is CNC(=O)CN1CC2CN3CCCCC3C2C1. The maximum absolute atomic E-state index is 11.4. The van der Waals surface area contributed by atoms with Gasteiger partial charge in [0.15, 0.2) is 0 Å². The van der Waals surface area contributed by atoms with Crippen molar-refractivity contribution in [2.24, 2.45) is 11.8 Å². The molecule has 3 aliphatic rings. The minimum atomic E-state index is 0.158. The summed E-state index contributed by atoms with van der Waals surface area (Å²) in [6.07, 6.45) is 4.17. The first-order chi connectivity index (χ1) is 8.28. The van der Waals surface area contributed by atoms with E-state index in [1.54, 1.807) is 7.05 Å². The van der Waals surface area contributed by atoms with Crippen molar-refractivity contribution >= 4 is 5.91 Å². The largest absolute Gasteiger partial charge is 0.358 e. The number of rotatable bonds is 2. The number of nitrogens with one attached hydrogen (secondary N) is 1. The number of nitrogens with zero attached hydrogens (tertiary/aromatic N) is 2. The quantitative estimate of drug-likeness (QED) is 0.742. The number of fused-ring (bicyclic) bond motifs is 3. The highest BCUT2D eigenvalue weighted by molar-refractivity contribution is 5.77. The van der Waals surface area contributed by atoms with Crippen molar-refractivity contribution in [1.29, 1.82) is 0 Å². The number of carbonyl (C=O) groups is 1. The zero-order chi connectivity index (χ0) is 11.8. The third kappa shape index (κ3) is 2.08. The standard InChI is InChI=1S/C13H23N3O/c1-14-13(17)9-15-6-10-7-16-5-3-2-4-12(16)11(10)8-15/h10-12H,2-9H2,1H3,(H,14,17). The highest BCUT2D eigenvalue weighted by Gasteiger charge is 2.47. The third-order valence-electron chi connectivity index (χ3n) is 4.84. The fraction of sp³-hybridized carbons (Fsp3) is 0.923. The van der Waals surface area contributed by atoms with E-state index in [0.29, 0.717) is 6.54 Å². The number of carbonyl (C=O) groups excluding carboxylic acids is 1. The zero-order valence-electron chi connectivity index (χ0n) is 10.7. The molecule has 0 aromatic carbocycles. The van der Waals surface area contributed by atoms with E-state index in [0.717, 1.165) is 31.0 Å². The second kappa shape index (κ2) is 4.58. The van der Waals surface area contributed by atoms with Gasteiger partial charge in [-0.1, -0.05) is 6.42 Å². The van der Waals surface area contributed by atoms with Crippen LogP contribution in [0.4, 0.5) is 0 Å². The fourth-order valence-electron chi connectivity index (χ4n) is 4.06. The molecule has 3 rings (SSSR count). The Morgan fingerprint density at radius 3 is 3.00 bits per heavy atom. The van der Waals surface area contributed by atoms with E-state index in [2.05, 4.69) is 15.1 Å². The van der Waals surface area contributed by atoms with Crippen molar-refractivity contribution < 1.29 is 4.79 Å². The summed E-state index contributed by atoms with van der Waals surface area (Å²) in [5, 5.41) is 2.72. The highest BCUT2D eigenvalue weighted by atomic mass is 16.1. The van der Waals surface area contributed by atoms with Gasteiger partial charge in [-0.2, -0.15) is 0 Å². The molecular weight excluding hydrogens is 214 g/mol. The molecule has 3 aliphatic heterocycles. The van der Waals surface area contributed by atoms with E-state index in [4.69, 9.17) is 0 Å². The molecule has 1 amide bonds. The molecule has 0 aromatic rings. The molecule has 0 bridgehead atoms. The number of likely N-dealkylation sites (tertiary alicyclic amines) is 1. The Morgan fingerprint density at radius 2 is 2.18 bits per heavy atom. The first kappa shape index (κ1) is 11.5. The van der Waals surface area contributed by atoms with Crippen LogP contribution >= 0.6 is 0 Å². The third-order valence-corrected chi connectivity index (χ3v) is 4.84. The molecule has 3 heterocycles. The minimum Gasteiger partial charge on any atom is -0.358 e. The van der Waals surface area contributed by atoms with Gasteiger partial charge in [-0.05, 0) is 31.2 Å². The van der Waals surface area contributed by atoms with Crippen LogP contribution in [0.15, 0.2) is 0 Å². The lowest BCUT2D eigenvalue weighted by Crippen LogP contribution is -2.41. The second-order valence-electron chi connectivity index (χ2n) is 5.85. The van der Waals surface area contributed by atoms with Gasteiger partial charge in [0.1, 0.15) is 0 Å². The van der Waals surface area contributed by atoms with Crippen molar-refractivity contribution in [3.05, 3.63) is 0 Å². The molecule has 0 aromatic heterocycles. The second-order valence-corrected chi connectivity index (χ2v) is 5.85. The highest BCUT2D eigenvalue weighted by Crippen LogP contribution is 2.40. The summed E-state index contributed by atoms with van der Waals surface area (Å²) in [7, 11) is 1.72. The Morgan fingerprint density at radius 1 is 1.29 bits per heavy atom. The van der Waals surface area contributed by atoms with Crippen LogP contribution in [0.2, 0.25) is 0 Å². The van der Waals surface area contributed by atoms with Gasteiger partial charge >= 0.3 is 0 Å². The van der Waals surface area contributed by atoms with E-state index in [-0.39, 0.29) is 5.91 Å². The van der Waals surface area contributed by atoms with Gasteiger partial charge in [0.2, 0.25) is 5.91 Å². The molecule has 0 aliphatic carbocycles. The summed E-state index contributed by atoms with van der Waals surface area (Å²) in [5.74, 6) is 1.81. The van der Waals surface area contributed by atoms with Crippen molar-refractivity contribution in [2.75, 3.05) is 39.8 Å². The van der Waals surface area contributed by atoms with Gasteiger partial charge < -0.3 is 5.32 Å². The lowest BCUT2D eigenvalue weighted by atomic mass is 9.90. The Labute approximate surface area is 103 Å². The molecule has 17 heavy (non-hydrogen) atoms. The van der Waals surface area contributed by atoms with Crippen LogP contribution < -0.4 is 5.32 Å². The average molecular weight is 237 g/mol. The molecule has 96 valence electrons. The van der Waals surface area contributed by atoms with Crippen LogP contribution in [-0.4, -0.2) is 61.5 Å². The number of likely N-dealkylation sites (N-methyl/N-ethyl adjacent to an activating group) is 1. The van der Waals surface area contributed by atoms with E-state index < -0.39 is 0 Å². The van der Waals surface area contributed by atoms with Gasteiger partial charge in [-0.3, -0.25) is 14.6 Å². The van der Waals surface area contributed by atoms with Crippen molar-refractivity contribution in [3.8, 4) is 0 Å². The number of hydrogen-bond donors (Lipinski definition) is 1. The topological polar surface area (TPSA) is 35.6 Å². The van der Waals surface area contributed by atoms with Crippen LogP contribution in [0, 0.1) is 11.8 Å². The molecule has 0 saturated carbocycles. The monoisotopic (exact) mass is 237 g/mol. The molecule has 3 saturated heterocycles. The first-order valence-corrected chi connectivity index (χ1v) is 6.95. The molecule has 1 N–H and O–H groups in total. The van der Waals surface area contributed by atoms with E-state index >= 15 is 0 Å². The normalized spacial score (nSPS) is 37.8. The smallest absolute Gasteiger partial charge is 0.233 e. The summed E-state index contributed by atoms with van der Waals surface area (Å²) < 4.78 is 0. The van der Waals surface area contributed by atoms with Crippen molar-refractivity contribution in [1.82, 2.24) is 15.1 Å². The number of hydrogen-bond acceptors (Lipinski definition) is 3. The predicted octanol–water partition coefficient (Wildman–Crippen LogP) is 0.149. The lowest BCUT2D eigenvalue weighted by molar-refractivity contribution is -0.121.